The van der Waals surface area contributed by atoms with Gasteiger partial charge in [0, 0.05) is 5.92 Å². The fraction of sp³-hybridized carbons (Fsp3) is 0.786. The maximum atomic E-state index is 10.7. The zero-order chi connectivity index (χ0) is 22.6. The second kappa shape index (κ2) is 14.1. The molecule has 2 heteroatoms. The Morgan fingerprint density at radius 3 is 2.13 bits per heavy atom. The van der Waals surface area contributed by atoms with E-state index in [0.717, 1.165) is 30.6 Å². The first-order valence-electron chi connectivity index (χ1n) is 12.6. The Balaban J connectivity index is 2.22. The molecule has 2 nitrogen and oxygen atoms in total. The standard InChI is InChI=1S/C28H50O2/c1-7-28(30)20-19-27(29)21-26(28)18-17-25(6)16-10-15-24(5)14-9-13-23(4)12-8-11-22(2)3/h17,19-24,26,29-30H,7-16,18H2,1-6H3. The Morgan fingerprint density at radius 2 is 1.57 bits per heavy atom. The lowest BCUT2D eigenvalue weighted by Crippen LogP contribution is -2.35. The average molecular weight is 419 g/mol. The van der Waals surface area contributed by atoms with Gasteiger partial charge >= 0.3 is 0 Å². The summed E-state index contributed by atoms with van der Waals surface area (Å²) < 4.78 is 0. The largest absolute Gasteiger partial charge is 0.508 e. The minimum atomic E-state index is -0.830. The lowest BCUT2D eigenvalue weighted by Gasteiger charge is -2.32. The van der Waals surface area contributed by atoms with Crippen molar-refractivity contribution in [1.82, 2.24) is 0 Å². The first-order valence-corrected chi connectivity index (χ1v) is 12.6. The van der Waals surface area contributed by atoms with Gasteiger partial charge in [-0.3, -0.25) is 0 Å². The number of aliphatic hydroxyl groups is 2. The van der Waals surface area contributed by atoms with E-state index in [1.54, 1.807) is 18.2 Å². The summed E-state index contributed by atoms with van der Waals surface area (Å²) in [6.45, 7) is 13.7. The van der Waals surface area contributed by atoms with E-state index in [9.17, 15) is 10.2 Å². The molecule has 174 valence electrons. The van der Waals surface area contributed by atoms with E-state index < -0.39 is 5.60 Å². The van der Waals surface area contributed by atoms with Crippen molar-refractivity contribution in [3.05, 3.63) is 35.6 Å². The first kappa shape index (κ1) is 27.0. The summed E-state index contributed by atoms with van der Waals surface area (Å²) in [6, 6.07) is 0. The number of hydrogen-bond acceptors (Lipinski definition) is 2. The molecule has 0 heterocycles. The van der Waals surface area contributed by atoms with Gasteiger partial charge in [-0.05, 0) is 68.6 Å². The van der Waals surface area contributed by atoms with Crippen molar-refractivity contribution in [3.8, 4) is 0 Å². The molecule has 1 rings (SSSR count). The molecule has 4 unspecified atom stereocenters. The highest BCUT2D eigenvalue weighted by molar-refractivity contribution is 5.26. The van der Waals surface area contributed by atoms with Crippen LogP contribution in [0, 0.1) is 23.7 Å². The van der Waals surface area contributed by atoms with Gasteiger partial charge in [-0.2, -0.15) is 0 Å². The third kappa shape index (κ3) is 10.8. The van der Waals surface area contributed by atoms with E-state index in [-0.39, 0.29) is 11.7 Å². The van der Waals surface area contributed by atoms with Crippen LogP contribution in [-0.2, 0) is 0 Å². The molecule has 4 atom stereocenters. The van der Waals surface area contributed by atoms with Gasteiger partial charge in [0.2, 0.25) is 0 Å². The van der Waals surface area contributed by atoms with Gasteiger partial charge in [0.1, 0.15) is 5.76 Å². The van der Waals surface area contributed by atoms with Crippen LogP contribution in [0.3, 0.4) is 0 Å². The van der Waals surface area contributed by atoms with Gasteiger partial charge in [-0.15, -0.1) is 0 Å². The van der Waals surface area contributed by atoms with Gasteiger partial charge in [0.25, 0.3) is 0 Å². The predicted molar refractivity (Wildman–Crippen MR) is 132 cm³/mol. The monoisotopic (exact) mass is 418 g/mol. The van der Waals surface area contributed by atoms with Crippen molar-refractivity contribution in [1.29, 1.82) is 0 Å². The minimum Gasteiger partial charge on any atom is -0.508 e. The van der Waals surface area contributed by atoms with Crippen LogP contribution in [-0.4, -0.2) is 15.8 Å². The van der Waals surface area contributed by atoms with Crippen LogP contribution in [0.2, 0.25) is 0 Å². The van der Waals surface area contributed by atoms with E-state index in [1.807, 2.05) is 6.92 Å². The van der Waals surface area contributed by atoms with Crippen LogP contribution in [0.4, 0.5) is 0 Å². The van der Waals surface area contributed by atoms with Crippen molar-refractivity contribution in [2.75, 3.05) is 0 Å². The molecule has 30 heavy (non-hydrogen) atoms. The van der Waals surface area contributed by atoms with E-state index in [1.165, 1.54) is 56.9 Å². The van der Waals surface area contributed by atoms with Gasteiger partial charge < -0.3 is 10.2 Å². The summed E-state index contributed by atoms with van der Waals surface area (Å²) in [7, 11) is 0. The molecule has 0 radical (unpaired) electrons. The van der Waals surface area contributed by atoms with E-state index >= 15 is 0 Å². The van der Waals surface area contributed by atoms with Crippen molar-refractivity contribution >= 4 is 0 Å². The number of allylic oxidation sites excluding steroid dienone is 3. The van der Waals surface area contributed by atoms with Crippen molar-refractivity contribution in [3.63, 3.8) is 0 Å². The molecular weight excluding hydrogens is 368 g/mol. The lowest BCUT2D eigenvalue weighted by molar-refractivity contribution is 0.0410. The molecule has 1 aliphatic carbocycles. The maximum Gasteiger partial charge on any atom is 0.111 e. The minimum absolute atomic E-state index is 0.0381. The second-order valence-corrected chi connectivity index (χ2v) is 10.5. The first-order chi connectivity index (χ1) is 14.2. The smallest absolute Gasteiger partial charge is 0.111 e. The Kier molecular flexibility index (Phi) is 12.7. The number of rotatable bonds is 15. The second-order valence-electron chi connectivity index (χ2n) is 10.5. The highest BCUT2D eigenvalue weighted by Crippen LogP contribution is 2.33. The SMILES string of the molecule is CCC1(O)C=CC(O)=CC1CC=C(C)CCCC(C)CCCC(C)CCCC(C)C. The van der Waals surface area contributed by atoms with Crippen molar-refractivity contribution in [2.24, 2.45) is 23.7 Å². The molecule has 2 N–H and O–H groups in total. The normalized spacial score (nSPS) is 24.2. The van der Waals surface area contributed by atoms with Gasteiger partial charge in [0.05, 0.1) is 5.60 Å². The molecule has 0 aromatic carbocycles. The molecule has 0 spiro atoms. The predicted octanol–water partition coefficient (Wildman–Crippen LogP) is 8.53. The van der Waals surface area contributed by atoms with Crippen LogP contribution in [0.15, 0.2) is 35.6 Å². The molecule has 1 aliphatic rings. The molecular formula is C28H50O2. The highest BCUT2D eigenvalue weighted by Gasteiger charge is 2.32. The lowest BCUT2D eigenvalue weighted by atomic mass is 9.79. The number of hydrogen-bond donors (Lipinski definition) is 2. The summed E-state index contributed by atoms with van der Waals surface area (Å²) in [5, 5.41) is 20.5. The molecule has 0 fully saturated rings. The molecule has 0 amide bonds. The van der Waals surface area contributed by atoms with Gasteiger partial charge in [-0.1, -0.05) is 91.2 Å². The third-order valence-corrected chi connectivity index (χ3v) is 6.98. The molecule has 0 bridgehead atoms. The van der Waals surface area contributed by atoms with E-state index in [2.05, 4.69) is 40.7 Å². The van der Waals surface area contributed by atoms with E-state index in [4.69, 9.17) is 0 Å². The summed E-state index contributed by atoms with van der Waals surface area (Å²) in [6.07, 6.45) is 20.9. The molecule has 0 aliphatic heterocycles. The zero-order valence-corrected chi connectivity index (χ0v) is 20.8. The Labute approximate surface area is 187 Å². The topological polar surface area (TPSA) is 40.5 Å². The molecule has 0 saturated carbocycles. The third-order valence-electron chi connectivity index (χ3n) is 6.98. The molecule has 0 aromatic rings. The van der Waals surface area contributed by atoms with Crippen LogP contribution < -0.4 is 0 Å². The molecule has 0 saturated heterocycles. The van der Waals surface area contributed by atoms with Crippen LogP contribution >= 0.6 is 0 Å². The zero-order valence-electron chi connectivity index (χ0n) is 20.8. The Bertz CT molecular complexity index is 557. The summed E-state index contributed by atoms with van der Waals surface area (Å²) in [5.74, 6) is 2.77. The Hall–Kier alpha value is -1.02. The van der Waals surface area contributed by atoms with Gasteiger partial charge in [-0.25, -0.2) is 0 Å². The summed E-state index contributed by atoms with van der Waals surface area (Å²) in [4.78, 5) is 0. The van der Waals surface area contributed by atoms with Crippen LogP contribution in [0.1, 0.15) is 112 Å². The van der Waals surface area contributed by atoms with Gasteiger partial charge in [0.15, 0.2) is 0 Å². The van der Waals surface area contributed by atoms with Crippen LogP contribution in [0.5, 0.6) is 0 Å². The molecule has 0 aromatic heterocycles. The average Bonchev–Trinajstić information content (AvgIpc) is 2.68. The maximum absolute atomic E-state index is 10.7. The number of aliphatic hydroxyl groups excluding tert-OH is 1. The summed E-state index contributed by atoms with van der Waals surface area (Å²) >= 11 is 0. The van der Waals surface area contributed by atoms with Crippen LogP contribution in [0.25, 0.3) is 0 Å². The highest BCUT2D eigenvalue weighted by atomic mass is 16.3. The van der Waals surface area contributed by atoms with E-state index in [0.29, 0.717) is 6.42 Å². The van der Waals surface area contributed by atoms with Crippen molar-refractivity contribution in [2.45, 2.75) is 118 Å². The fourth-order valence-electron chi connectivity index (χ4n) is 4.55. The quantitative estimate of drug-likeness (QED) is 0.262. The Morgan fingerprint density at radius 1 is 1.00 bits per heavy atom. The fourth-order valence-corrected chi connectivity index (χ4v) is 4.55. The summed E-state index contributed by atoms with van der Waals surface area (Å²) in [5.41, 5.74) is 0.575. The van der Waals surface area contributed by atoms with Crippen molar-refractivity contribution < 1.29 is 10.2 Å².